The predicted molar refractivity (Wildman–Crippen MR) is 67.5 cm³/mol. The van der Waals surface area contributed by atoms with E-state index in [4.69, 9.17) is 9.15 Å². The van der Waals surface area contributed by atoms with Gasteiger partial charge in [0.05, 0.1) is 0 Å². The molecule has 0 N–H and O–H groups in total. The number of allylic oxidation sites excluding steroid dienone is 1. The van der Waals surface area contributed by atoms with Gasteiger partial charge in [0.25, 0.3) is 0 Å². The summed E-state index contributed by atoms with van der Waals surface area (Å²) in [6, 6.07) is 7.01. The zero-order valence-corrected chi connectivity index (χ0v) is 9.90. The van der Waals surface area contributed by atoms with E-state index in [0.29, 0.717) is 17.9 Å². The molecule has 1 aromatic heterocycles. The monoisotopic (exact) mass is 230 g/mol. The lowest BCUT2D eigenvalue weighted by Crippen LogP contribution is -1.98. The predicted octanol–water partition coefficient (Wildman–Crippen LogP) is 3.06. The van der Waals surface area contributed by atoms with Crippen molar-refractivity contribution in [1.82, 2.24) is 0 Å². The first kappa shape index (κ1) is 11.5. The lowest BCUT2D eigenvalue weighted by molar-refractivity contribution is 0.362. The van der Waals surface area contributed by atoms with Gasteiger partial charge >= 0.3 is 5.63 Å². The van der Waals surface area contributed by atoms with Gasteiger partial charge in [-0.15, -0.1) is 0 Å². The van der Waals surface area contributed by atoms with Gasteiger partial charge in [-0.25, -0.2) is 4.79 Å². The molecular formula is C14H14O3. The summed E-state index contributed by atoms with van der Waals surface area (Å²) in [5.74, 6) is 0.698. The molecule has 2 rings (SSSR count). The lowest BCUT2D eigenvalue weighted by Gasteiger charge is -2.05. The van der Waals surface area contributed by atoms with E-state index in [2.05, 4.69) is 0 Å². The van der Waals surface area contributed by atoms with E-state index in [0.717, 1.165) is 10.9 Å². The van der Waals surface area contributed by atoms with Gasteiger partial charge in [0.1, 0.15) is 17.9 Å². The van der Waals surface area contributed by atoms with Crippen molar-refractivity contribution in [2.45, 2.75) is 13.8 Å². The van der Waals surface area contributed by atoms with Crippen molar-refractivity contribution < 1.29 is 9.15 Å². The second kappa shape index (κ2) is 4.87. The molecule has 0 fully saturated rings. The van der Waals surface area contributed by atoms with Crippen LogP contribution in [0.1, 0.15) is 12.5 Å². The quantitative estimate of drug-likeness (QED) is 0.601. The third kappa shape index (κ3) is 2.56. The molecule has 2 aromatic rings. The Kier molecular flexibility index (Phi) is 3.28. The van der Waals surface area contributed by atoms with Crippen LogP contribution in [0, 0.1) is 6.92 Å². The first-order chi connectivity index (χ1) is 8.20. The zero-order chi connectivity index (χ0) is 12.3. The molecule has 1 heterocycles. The van der Waals surface area contributed by atoms with Gasteiger partial charge in [-0.3, -0.25) is 0 Å². The molecule has 1 aromatic carbocycles. The standard InChI is InChI=1S/C14H14O3/c1-3-4-7-16-11-5-6-12-10(2)8-14(15)17-13(12)9-11/h3-6,8-9H,7H2,1-2H3. The van der Waals surface area contributed by atoms with Crippen LogP contribution in [-0.2, 0) is 0 Å². The minimum Gasteiger partial charge on any atom is -0.489 e. The van der Waals surface area contributed by atoms with Crippen LogP contribution in [0.2, 0.25) is 0 Å². The van der Waals surface area contributed by atoms with Crippen molar-refractivity contribution >= 4 is 11.0 Å². The second-order valence-corrected chi connectivity index (χ2v) is 3.79. The molecule has 0 aliphatic carbocycles. The van der Waals surface area contributed by atoms with Crippen LogP contribution < -0.4 is 10.4 Å². The summed E-state index contributed by atoms with van der Waals surface area (Å²) in [7, 11) is 0. The van der Waals surface area contributed by atoms with Crippen LogP contribution in [0.5, 0.6) is 5.75 Å². The van der Waals surface area contributed by atoms with Crippen LogP contribution in [-0.4, -0.2) is 6.61 Å². The van der Waals surface area contributed by atoms with E-state index < -0.39 is 0 Å². The molecule has 0 saturated carbocycles. The van der Waals surface area contributed by atoms with Crippen LogP contribution in [0.15, 0.2) is 45.6 Å². The Balaban J connectivity index is 2.39. The third-order valence-corrected chi connectivity index (χ3v) is 2.50. The number of aryl methyl sites for hydroxylation is 1. The number of ether oxygens (including phenoxy) is 1. The van der Waals surface area contributed by atoms with Crippen molar-refractivity contribution in [3.63, 3.8) is 0 Å². The smallest absolute Gasteiger partial charge is 0.336 e. The molecule has 0 unspecified atom stereocenters. The van der Waals surface area contributed by atoms with Crippen LogP contribution in [0.4, 0.5) is 0 Å². The van der Waals surface area contributed by atoms with Gasteiger partial charge in [0.15, 0.2) is 0 Å². The summed E-state index contributed by atoms with van der Waals surface area (Å²) in [5, 5.41) is 0.933. The van der Waals surface area contributed by atoms with E-state index >= 15 is 0 Å². The minimum absolute atomic E-state index is 0.333. The molecule has 0 amide bonds. The molecule has 0 spiro atoms. The van der Waals surface area contributed by atoms with E-state index in [1.165, 1.54) is 6.07 Å². The number of rotatable bonds is 3. The molecule has 88 valence electrons. The summed E-state index contributed by atoms with van der Waals surface area (Å²) in [6.07, 6.45) is 3.84. The van der Waals surface area contributed by atoms with Crippen LogP contribution in [0.25, 0.3) is 11.0 Å². The Labute approximate surface area is 99.3 Å². The summed E-state index contributed by atoms with van der Waals surface area (Å²) < 4.78 is 10.6. The molecule has 0 atom stereocenters. The van der Waals surface area contributed by atoms with E-state index in [9.17, 15) is 4.79 Å². The summed E-state index contributed by atoms with van der Waals surface area (Å²) >= 11 is 0. The van der Waals surface area contributed by atoms with Crippen LogP contribution in [0.3, 0.4) is 0 Å². The highest BCUT2D eigenvalue weighted by atomic mass is 16.5. The van der Waals surface area contributed by atoms with Crippen molar-refractivity contribution in [2.75, 3.05) is 6.61 Å². The summed E-state index contributed by atoms with van der Waals surface area (Å²) in [6.45, 7) is 4.34. The largest absolute Gasteiger partial charge is 0.489 e. The fourth-order valence-corrected chi connectivity index (χ4v) is 1.64. The van der Waals surface area contributed by atoms with Crippen molar-refractivity contribution in [3.05, 3.63) is 52.4 Å². The first-order valence-corrected chi connectivity index (χ1v) is 5.49. The zero-order valence-electron chi connectivity index (χ0n) is 9.90. The number of hydrogen-bond acceptors (Lipinski definition) is 3. The maximum Gasteiger partial charge on any atom is 0.336 e. The SMILES string of the molecule is CC=CCOc1ccc2c(C)cc(=O)oc2c1. The maximum absolute atomic E-state index is 11.3. The lowest BCUT2D eigenvalue weighted by atomic mass is 10.1. The van der Waals surface area contributed by atoms with E-state index in [-0.39, 0.29) is 5.63 Å². The van der Waals surface area contributed by atoms with Crippen molar-refractivity contribution in [3.8, 4) is 5.75 Å². The van der Waals surface area contributed by atoms with E-state index in [1.54, 1.807) is 6.07 Å². The van der Waals surface area contributed by atoms with E-state index in [1.807, 2.05) is 38.1 Å². The highest BCUT2D eigenvalue weighted by Gasteiger charge is 2.03. The van der Waals surface area contributed by atoms with Crippen LogP contribution >= 0.6 is 0 Å². The fourth-order valence-electron chi connectivity index (χ4n) is 1.64. The van der Waals surface area contributed by atoms with Crippen molar-refractivity contribution in [1.29, 1.82) is 0 Å². The maximum atomic E-state index is 11.3. The Morgan fingerprint density at radius 1 is 1.35 bits per heavy atom. The second-order valence-electron chi connectivity index (χ2n) is 3.79. The molecular weight excluding hydrogens is 216 g/mol. The molecule has 3 heteroatoms. The number of hydrogen-bond donors (Lipinski definition) is 0. The fraction of sp³-hybridized carbons (Fsp3) is 0.214. The Morgan fingerprint density at radius 3 is 2.94 bits per heavy atom. The molecule has 0 aliphatic rings. The van der Waals surface area contributed by atoms with Gasteiger partial charge in [0.2, 0.25) is 0 Å². The average molecular weight is 230 g/mol. The molecule has 17 heavy (non-hydrogen) atoms. The van der Waals surface area contributed by atoms with Gasteiger partial charge in [-0.2, -0.15) is 0 Å². The summed E-state index contributed by atoms with van der Waals surface area (Å²) in [5.41, 5.74) is 1.14. The average Bonchev–Trinajstić information content (AvgIpc) is 2.28. The highest BCUT2D eigenvalue weighted by Crippen LogP contribution is 2.22. The van der Waals surface area contributed by atoms with Crippen molar-refractivity contribution in [2.24, 2.45) is 0 Å². The molecule has 0 radical (unpaired) electrons. The van der Waals surface area contributed by atoms with Gasteiger partial charge in [0, 0.05) is 17.5 Å². The summed E-state index contributed by atoms with van der Waals surface area (Å²) in [4.78, 5) is 11.3. The Morgan fingerprint density at radius 2 is 2.18 bits per heavy atom. The highest BCUT2D eigenvalue weighted by molar-refractivity contribution is 5.81. The number of fused-ring (bicyclic) bond motifs is 1. The topological polar surface area (TPSA) is 39.4 Å². The minimum atomic E-state index is -0.333. The van der Waals surface area contributed by atoms with Gasteiger partial charge < -0.3 is 9.15 Å². The third-order valence-electron chi connectivity index (χ3n) is 2.50. The molecule has 0 aliphatic heterocycles. The Bertz CT molecular complexity index is 608. The van der Waals surface area contributed by atoms with Gasteiger partial charge in [-0.1, -0.05) is 12.2 Å². The molecule has 3 nitrogen and oxygen atoms in total. The Hall–Kier alpha value is -2.03. The van der Waals surface area contributed by atoms with Gasteiger partial charge in [-0.05, 0) is 31.5 Å². The number of benzene rings is 1. The molecule has 0 saturated heterocycles. The molecule has 0 bridgehead atoms. The first-order valence-electron chi connectivity index (χ1n) is 5.49. The normalized spacial score (nSPS) is 11.2.